The number of hydrogen-bond acceptors (Lipinski definition) is 2. The van der Waals surface area contributed by atoms with Gasteiger partial charge in [0.2, 0.25) is 0 Å². The predicted octanol–water partition coefficient (Wildman–Crippen LogP) is 1.51. The molecule has 1 fully saturated rings. The van der Waals surface area contributed by atoms with Crippen LogP contribution in [0.4, 0.5) is 0 Å². The second-order valence-corrected chi connectivity index (χ2v) is 5.56. The Kier molecular flexibility index (Phi) is 2.50. The Morgan fingerprint density at radius 1 is 1.33 bits per heavy atom. The molecule has 1 unspecified atom stereocenters. The molecule has 12 heavy (non-hydrogen) atoms. The van der Waals surface area contributed by atoms with Gasteiger partial charge in [-0.2, -0.15) is 0 Å². The van der Waals surface area contributed by atoms with E-state index >= 15 is 0 Å². The Labute approximate surface area is 76.1 Å². The Morgan fingerprint density at radius 3 is 2.25 bits per heavy atom. The normalized spacial score (nSPS) is 29.2. The highest BCUT2D eigenvalue weighted by Crippen LogP contribution is 2.19. The van der Waals surface area contributed by atoms with E-state index in [0.29, 0.717) is 11.6 Å². The smallest absolute Gasteiger partial charge is 0.0214 e. The Balaban J connectivity index is 2.39. The van der Waals surface area contributed by atoms with E-state index in [2.05, 4.69) is 45.3 Å². The van der Waals surface area contributed by atoms with Gasteiger partial charge < -0.3 is 10.6 Å². The minimum atomic E-state index is 0.243. The number of rotatable bonds is 1. The molecule has 1 rings (SSSR count). The van der Waals surface area contributed by atoms with Crippen LogP contribution in [-0.4, -0.2) is 23.7 Å². The standard InChI is InChI=1S/C10H22N2/c1-9(2,3)12-8-6-10(4,5)11-7-8/h8,11-12H,6-7H2,1-5H3. The Bertz CT molecular complexity index is 156. The molecule has 72 valence electrons. The minimum Gasteiger partial charge on any atom is -0.310 e. The van der Waals surface area contributed by atoms with Gasteiger partial charge in [0.1, 0.15) is 0 Å². The van der Waals surface area contributed by atoms with Gasteiger partial charge >= 0.3 is 0 Å². The average molecular weight is 170 g/mol. The number of hydrogen-bond donors (Lipinski definition) is 2. The lowest BCUT2D eigenvalue weighted by Gasteiger charge is -2.26. The molecule has 1 saturated heterocycles. The summed E-state index contributed by atoms with van der Waals surface area (Å²) in [6, 6.07) is 0.639. The highest BCUT2D eigenvalue weighted by molar-refractivity contribution is 4.95. The van der Waals surface area contributed by atoms with Crippen LogP contribution in [0.15, 0.2) is 0 Å². The molecular formula is C10H22N2. The SMILES string of the molecule is CC(C)(C)NC1CNC(C)(C)C1. The lowest BCUT2D eigenvalue weighted by atomic mass is 9.99. The first-order chi connectivity index (χ1) is 5.29. The van der Waals surface area contributed by atoms with Crippen molar-refractivity contribution in [3.63, 3.8) is 0 Å². The van der Waals surface area contributed by atoms with E-state index in [1.807, 2.05) is 0 Å². The maximum atomic E-state index is 3.61. The fraction of sp³-hybridized carbons (Fsp3) is 1.00. The van der Waals surface area contributed by atoms with Crippen LogP contribution >= 0.6 is 0 Å². The highest BCUT2D eigenvalue weighted by atomic mass is 15.1. The zero-order chi connectivity index (χ0) is 9.41. The van der Waals surface area contributed by atoms with E-state index in [4.69, 9.17) is 0 Å². The van der Waals surface area contributed by atoms with E-state index < -0.39 is 0 Å². The molecule has 2 N–H and O–H groups in total. The zero-order valence-corrected chi connectivity index (χ0v) is 8.99. The molecule has 0 amide bonds. The number of nitrogens with one attached hydrogen (secondary N) is 2. The molecule has 1 atom stereocenters. The Hall–Kier alpha value is -0.0800. The molecule has 1 aliphatic heterocycles. The predicted molar refractivity (Wildman–Crippen MR) is 53.4 cm³/mol. The summed E-state index contributed by atoms with van der Waals surface area (Å²) in [6.07, 6.45) is 1.23. The zero-order valence-electron chi connectivity index (χ0n) is 8.99. The van der Waals surface area contributed by atoms with Crippen molar-refractivity contribution in [1.82, 2.24) is 10.6 Å². The van der Waals surface area contributed by atoms with Crippen LogP contribution in [0.5, 0.6) is 0 Å². The second-order valence-electron chi connectivity index (χ2n) is 5.56. The largest absolute Gasteiger partial charge is 0.310 e. The van der Waals surface area contributed by atoms with E-state index in [1.54, 1.807) is 0 Å². The summed E-state index contributed by atoms with van der Waals surface area (Å²) in [5.74, 6) is 0. The van der Waals surface area contributed by atoms with Crippen molar-refractivity contribution in [3.8, 4) is 0 Å². The van der Waals surface area contributed by atoms with Crippen LogP contribution in [0.25, 0.3) is 0 Å². The third kappa shape index (κ3) is 3.11. The summed E-state index contributed by atoms with van der Waals surface area (Å²) >= 11 is 0. The van der Waals surface area contributed by atoms with Gasteiger partial charge in [-0.1, -0.05) is 0 Å². The summed E-state index contributed by atoms with van der Waals surface area (Å²) < 4.78 is 0. The first kappa shape index (κ1) is 10.0. The van der Waals surface area contributed by atoms with E-state index in [0.717, 1.165) is 6.54 Å². The molecule has 2 nitrogen and oxygen atoms in total. The molecule has 0 saturated carbocycles. The van der Waals surface area contributed by atoms with Gasteiger partial charge in [0, 0.05) is 23.7 Å². The van der Waals surface area contributed by atoms with Gasteiger partial charge in [0.05, 0.1) is 0 Å². The van der Waals surface area contributed by atoms with Crippen molar-refractivity contribution < 1.29 is 0 Å². The summed E-state index contributed by atoms with van der Waals surface area (Å²) in [4.78, 5) is 0. The summed E-state index contributed by atoms with van der Waals surface area (Å²) in [6.45, 7) is 12.3. The van der Waals surface area contributed by atoms with Gasteiger partial charge in [0.15, 0.2) is 0 Å². The highest BCUT2D eigenvalue weighted by Gasteiger charge is 2.31. The van der Waals surface area contributed by atoms with Gasteiger partial charge in [-0.3, -0.25) is 0 Å². The lowest BCUT2D eigenvalue weighted by Crippen LogP contribution is -2.44. The summed E-state index contributed by atoms with van der Waals surface area (Å²) in [5.41, 5.74) is 0.565. The van der Waals surface area contributed by atoms with Crippen molar-refractivity contribution in [2.75, 3.05) is 6.54 Å². The van der Waals surface area contributed by atoms with Crippen LogP contribution < -0.4 is 10.6 Å². The first-order valence-corrected chi connectivity index (χ1v) is 4.81. The van der Waals surface area contributed by atoms with Crippen molar-refractivity contribution in [2.45, 2.75) is 58.2 Å². The first-order valence-electron chi connectivity index (χ1n) is 4.81. The Morgan fingerprint density at radius 2 is 1.92 bits per heavy atom. The van der Waals surface area contributed by atoms with Gasteiger partial charge in [-0.05, 0) is 41.0 Å². The summed E-state index contributed by atoms with van der Waals surface area (Å²) in [5, 5.41) is 7.12. The van der Waals surface area contributed by atoms with Crippen LogP contribution in [0.3, 0.4) is 0 Å². The molecule has 2 heteroatoms. The molecule has 1 aliphatic rings. The molecule has 0 radical (unpaired) electrons. The minimum absolute atomic E-state index is 0.243. The fourth-order valence-corrected chi connectivity index (χ4v) is 1.87. The maximum Gasteiger partial charge on any atom is 0.0214 e. The quantitative estimate of drug-likeness (QED) is 0.623. The second kappa shape index (κ2) is 3.00. The van der Waals surface area contributed by atoms with Gasteiger partial charge in [-0.25, -0.2) is 0 Å². The molecule has 1 heterocycles. The molecule has 0 aromatic rings. The van der Waals surface area contributed by atoms with E-state index in [1.165, 1.54) is 6.42 Å². The third-order valence-electron chi connectivity index (χ3n) is 2.22. The van der Waals surface area contributed by atoms with Crippen LogP contribution in [0.2, 0.25) is 0 Å². The molecule has 0 spiro atoms. The van der Waals surface area contributed by atoms with Gasteiger partial charge in [0.25, 0.3) is 0 Å². The van der Waals surface area contributed by atoms with E-state index in [9.17, 15) is 0 Å². The molecule has 0 aromatic carbocycles. The molecular weight excluding hydrogens is 148 g/mol. The molecule has 0 aliphatic carbocycles. The van der Waals surface area contributed by atoms with Crippen LogP contribution in [0.1, 0.15) is 41.0 Å². The van der Waals surface area contributed by atoms with Crippen LogP contribution in [-0.2, 0) is 0 Å². The molecule has 0 bridgehead atoms. The van der Waals surface area contributed by atoms with Crippen molar-refractivity contribution in [2.24, 2.45) is 0 Å². The van der Waals surface area contributed by atoms with Crippen molar-refractivity contribution >= 4 is 0 Å². The van der Waals surface area contributed by atoms with E-state index in [-0.39, 0.29) is 5.54 Å². The average Bonchev–Trinajstić information content (AvgIpc) is 2.05. The summed E-state index contributed by atoms with van der Waals surface area (Å²) in [7, 11) is 0. The van der Waals surface area contributed by atoms with Crippen molar-refractivity contribution in [3.05, 3.63) is 0 Å². The third-order valence-corrected chi connectivity index (χ3v) is 2.22. The van der Waals surface area contributed by atoms with Gasteiger partial charge in [-0.15, -0.1) is 0 Å². The van der Waals surface area contributed by atoms with Crippen molar-refractivity contribution in [1.29, 1.82) is 0 Å². The maximum absolute atomic E-state index is 3.61. The topological polar surface area (TPSA) is 24.1 Å². The monoisotopic (exact) mass is 170 g/mol. The molecule has 0 aromatic heterocycles. The lowest BCUT2D eigenvalue weighted by molar-refractivity contribution is 0.358. The fourth-order valence-electron chi connectivity index (χ4n) is 1.87. The van der Waals surface area contributed by atoms with Crippen LogP contribution in [0, 0.1) is 0 Å².